The Labute approximate surface area is 86.1 Å². The molecule has 0 saturated carbocycles. The third-order valence-electron chi connectivity index (χ3n) is 2.37. The van der Waals surface area contributed by atoms with Gasteiger partial charge in [-0.25, -0.2) is 4.39 Å². The molecule has 0 spiro atoms. The highest BCUT2D eigenvalue weighted by Gasteiger charge is 2.24. The highest BCUT2D eigenvalue weighted by Crippen LogP contribution is 2.20. The first-order valence-electron chi connectivity index (χ1n) is 4.67. The standard InChI is InChI=1S/C10H11FN2O2/c11-8-3-7(1-2-9(8)14)13-10(15)6-4-12-5-6/h1-3,6,12,14H,4-5H2,(H,13,15). The van der Waals surface area contributed by atoms with Crippen molar-refractivity contribution in [1.82, 2.24) is 5.32 Å². The number of aromatic hydroxyl groups is 1. The zero-order chi connectivity index (χ0) is 10.8. The lowest BCUT2D eigenvalue weighted by Gasteiger charge is -2.25. The molecule has 4 nitrogen and oxygen atoms in total. The van der Waals surface area contributed by atoms with Crippen LogP contribution in [0.4, 0.5) is 10.1 Å². The minimum absolute atomic E-state index is 0.0399. The predicted molar refractivity (Wildman–Crippen MR) is 53.1 cm³/mol. The van der Waals surface area contributed by atoms with E-state index in [1.165, 1.54) is 12.1 Å². The van der Waals surface area contributed by atoms with Crippen molar-refractivity contribution in [1.29, 1.82) is 0 Å². The van der Waals surface area contributed by atoms with E-state index in [1.807, 2.05) is 0 Å². The second kappa shape index (κ2) is 3.86. The van der Waals surface area contributed by atoms with E-state index in [4.69, 9.17) is 5.11 Å². The summed E-state index contributed by atoms with van der Waals surface area (Å²) in [6.07, 6.45) is 0. The summed E-state index contributed by atoms with van der Waals surface area (Å²) in [6, 6.07) is 3.77. The molecule has 5 heteroatoms. The zero-order valence-corrected chi connectivity index (χ0v) is 7.96. The summed E-state index contributed by atoms with van der Waals surface area (Å²) in [5.74, 6) is -1.32. The molecular formula is C10H11FN2O2. The number of phenolic OH excluding ortho intramolecular Hbond substituents is 1. The predicted octanol–water partition coefficient (Wildman–Crippen LogP) is 0.689. The molecule has 3 N–H and O–H groups in total. The van der Waals surface area contributed by atoms with Crippen LogP contribution in [0, 0.1) is 11.7 Å². The summed E-state index contributed by atoms with van der Waals surface area (Å²) in [5, 5.41) is 14.5. The van der Waals surface area contributed by atoms with Gasteiger partial charge < -0.3 is 15.7 Å². The van der Waals surface area contributed by atoms with Crippen LogP contribution in [0.3, 0.4) is 0 Å². The minimum atomic E-state index is -0.737. The van der Waals surface area contributed by atoms with Crippen molar-refractivity contribution in [3.63, 3.8) is 0 Å². The molecular weight excluding hydrogens is 199 g/mol. The fourth-order valence-electron chi connectivity index (χ4n) is 1.30. The Kier molecular flexibility index (Phi) is 2.55. The molecule has 0 aromatic heterocycles. The molecule has 1 amide bonds. The smallest absolute Gasteiger partial charge is 0.230 e. The number of hydrogen-bond donors (Lipinski definition) is 3. The lowest BCUT2D eigenvalue weighted by molar-refractivity contribution is -0.121. The number of phenols is 1. The molecule has 1 saturated heterocycles. The van der Waals surface area contributed by atoms with Gasteiger partial charge in [-0.05, 0) is 12.1 Å². The van der Waals surface area contributed by atoms with Crippen LogP contribution >= 0.6 is 0 Å². The van der Waals surface area contributed by atoms with Crippen LogP contribution in [-0.2, 0) is 4.79 Å². The second-order valence-electron chi connectivity index (χ2n) is 3.51. The molecule has 0 aliphatic carbocycles. The summed E-state index contributed by atoms with van der Waals surface area (Å²) >= 11 is 0. The molecule has 1 aromatic carbocycles. The Bertz CT molecular complexity index is 391. The van der Waals surface area contributed by atoms with E-state index in [-0.39, 0.29) is 11.8 Å². The average Bonchev–Trinajstić information content (AvgIpc) is 2.08. The third kappa shape index (κ3) is 2.07. The topological polar surface area (TPSA) is 61.4 Å². The number of carbonyl (C=O) groups is 1. The number of anilines is 1. The number of hydrogen-bond acceptors (Lipinski definition) is 3. The monoisotopic (exact) mass is 210 g/mol. The maximum absolute atomic E-state index is 12.9. The van der Waals surface area contributed by atoms with Crippen molar-refractivity contribution in [3.05, 3.63) is 24.0 Å². The minimum Gasteiger partial charge on any atom is -0.505 e. The largest absolute Gasteiger partial charge is 0.505 e. The molecule has 1 aliphatic heterocycles. The molecule has 1 heterocycles. The number of halogens is 1. The van der Waals surface area contributed by atoms with Crippen LogP contribution in [0.5, 0.6) is 5.75 Å². The van der Waals surface area contributed by atoms with Gasteiger partial charge in [-0.2, -0.15) is 0 Å². The number of amides is 1. The van der Waals surface area contributed by atoms with Gasteiger partial charge in [-0.3, -0.25) is 4.79 Å². The van der Waals surface area contributed by atoms with E-state index >= 15 is 0 Å². The van der Waals surface area contributed by atoms with Crippen LogP contribution in [0.25, 0.3) is 0 Å². The Morgan fingerprint density at radius 2 is 2.27 bits per heavy atom. The first-order valence-corrected chi connectivity index (χ1v) is 4.67. The number of rotatable bonds is 2. The van der Waals surface area contributed by atoms with Crippen molar-refractivity contribution in [2.75, 3.05) is 18.4 Å². The number of carbonyl (C=O) groups excluding carboxylic acids is 1. The van der Waals surface area contributed by atoms with E-state index in [1.54, 1.807) is 0 Å². The Balaban J connectivity index is 2.03. The Hall–Kier alpha value is -1.62. The van der Waals surface area contributed by atoms with Gasteiger partial charge >= 0.3 is 0 Å². The van der Waals surface area contributed by atoms with Crippen LogP contribution in [0.2, 0.25) is 0 Å². The number of benzene rings is 1. The van der Waals surface area contributed by atoms with E-state index < -0.39 is 11.6 Å². The molecule has 1 aliphatic rings. The van der Waals surface area contributed by atoms with Gasteiger partial charge in [0.05, 0.1) is 5.92 Å². The lowest BCUT2D eigenvalue weighted by Crippen LogP contribution is -2.48. The van der Waals surface area contributed by atoms with Crippen molar-refractivity contribution < 1.29 is 14.3 Å². The van der Waals surface area contributed by atoms with Gasteiger partial charge in [0, 0.05) is 24.8 Å². The van der Waals surface area contributed by atoms with Gasteiger partial charge in [-0.15, -0.1) is 0 Å². The number of nitrogens with one attached hydrogen (secondary N) is 2. The maximum atomic E-state index is 12.9. The van der Waals surface area contributed by atoms with Crippen LogP contribution in [0.1, 0.15) is 0 Å². The fourth-order valence-corrected chi connectivity index (χ4v) is 1.30. The van der Waals surface area contributed by atoms with Crippen LogP contribution < -0.4 is 10.6 Å². The second-order valence-corrected chi connectivity index (χ2v) is 3.51. The van der Waals surface area contributed by atoms with Crippen molar-refractivity contribution in [2.24, 2.45) is 5.92 Å². The van der Waals surface area contributed by atoms with Crippen molar-refractivity contribution in [3.8, 4) is 5.75 Å². The molecule has 2 rings (SSSR count). The van der Waals surface area contributed by atoms with Crippen molar-refractivity contribution in [2.45, 2.75) is 0 Å². The first-order chi connectivity index (χ1) is 7.16. The van der Waals surface area contributed by atoms with Crippen LogP contribution in [-0.4, -0.2) is 24.1 Å². The highest BCUT2D eigenvalue weighted by atomic mass is 19.1. The maximum Gasteiger partial charge on any atom is 0.230 e. The lowest BCUT2D eigenvalue weighted by atomic mass is 10.0. The molecule has 1 fully saturated rings. The Morgan fingerprint density at radius 3 is 2.80 bits per heavy atom. The normalized spacial score (nSPS) is 15.8. The highest BCUT2D eigenvalue weighted by molar-refractivity contribution is 5.93. The van der Waals surface area contributed by atoms with E-state index in [0.29, 0.717) is 18.8 Å². The molecule has 0 atom stereocenters. The molecule has 0 bridgehead atoms. The summed E-state index contributed by atoms with van der Waals surface area (Å²) in [7, 11) is 0. The average molecular weight is 210 g/mol. The third-order valence-corrected chi connectivity index (χ3v) is 2.37. The van der Waals surface area contributed by atoms with Gasteiger partial charge in [0.15, 0.2) is 11.6 Å². The molecule has 0 unspecified atom stereocenters. The quantitative estimate of drug-likeness (QED) is 0.629. The van der Waals surface area contributed by atoms with E-state index in [2.05, 4.69) is 10.6 Å². The summed E-state index contributed by atoms with van der Waals surface area (Å²) in [5.41, 5.74) is 0.363. The van der Waals surface area contributed by atoms with Gasteiger partial charge in [-0.1, -0.05) is 0 Å². The molecule has 80 valence electrons. The SMILES string of the molecule is O=C(Nc1ccc(O)c(F)c1)C1CNC1. The molecule has 15 heavy (non-hydrogen) atoms. The van der Waals surface area contributed by atoms with Gasteiger partial charge in [0.2, 0.25) is 5.91 Å². The summed E-state index contributed by atoms with van der Waals surface area (Å²) in [6.45, 7) is 1.32. The van der Waals surface area contributed by atoms with Crippen molar-refractivity contribution >= 4 is 11.6 Å². The summed E-state index contributed by atoms with van der Waals surface area (Å²) < 4.78 is 12.9. The van der Waals surface area contributed by atoms with E-state index in [0.717, 1.165) is 6.07 Å². The zero-order valence-electron chi connectivity index (χ0n) is 7.96. The van der Waals surface area contributed by atoms with E-state index in [9.17, 15) is 9.18 Å². The summed E-state index contributed by atoms with van der Waals surface area (Å²) in [4.78, 5) is 11.5. The van der Waals surface area contributed by atoms with Gasteiger partial charge in [0.1, 0.15) is 0 Å². The van der Waals surface area contributed by atoms with Gasteiger partial charge in [0.25, 0.3) is 0 Å². The fraction of sp³-hybridized carbons (Fsp3) is 0.300. The first kappa shape index (κ1) is 9.92. The Morgan fingerprint density at radius 1 is 1.53 bits per heavy atom. The molecule has 0 radical (unpaired) electrons. The molecule has 1 aromatic rings. The van der Waals surface area contributed by atoms with Crippen LogP contribution in [0.15, 0.2) is 18.2 Å².